The molecule has 5 nitrogen and oxygen atoms in total. The molecule has 5 heteroatoms. The van der Waals surface area contributed by atoms with Gasteiger partial charge in [0.05, 0.1) is 17.4 Å². The highest BCUT2D eigenvalue weighted by atomic mass is 16.5. The van der Waals surface area contributed by atoms with Gasteiger partial charge in [0.15, 0.2) is 0 Å². The first-order chi connectivity index (χ1) is 10.5. The molecule has 1 aliphatic rings. The Morgan fingerprint density at radius 3 is 2.45 bits per heavy atom. The molecule has 0 aromatic heterocycles. The van der Waals surface area contributed by atoms with Gasteiger partial charge in [0.25, 0.3) is 0 Å². The summed E-state index contributed by atoms with van der Waals surface area (Å²) in [5, 5.41) is 12.0. The van der Waals surface area contributed by atoms with Gasteiger partial charge in [-0.15, -0.1) is 0 Å². The molecule has 2 N–H and O–H groups in total. The van der Waals surface area contributed by atoms with Crippen LogP contribution in [0.25, 0.3) is 0 Å². The summed E-state index contributed by atoms with van der Waals surface area (Å²) in [6, 6.07) is 0. The Kier molecular flexibility index (Phi) is 8.02. The van der Waals surface area contributed by atoms with E-state index in [-0.39, 0.29) is 11.8 Å². The zero-order chi connectivity index (χ0) is 16.5. The molecule has 1 fully saturated rings. The number of aliphatic carboxylic acids is 1. The standard InChI is InChI=1S/C17H29NO4/c1-5-14(6-7-18-4)12(2)21-8-9-22-13(3)15-10-16(11-15)17(19)20/h14-16,18H,2-3,5-11H2,1,4H3,(H,19,20). The van der Waals surface area contributed by atoms with E-state index in [4.69, 9.17) is 14.6 Å². The molecule has 0 aromatic carbocycles. The first-order valence-corrected chi connectivity index (χ1v) is 8.00. The minimum absolute atomic E-state index is 0.170. The molecule has 0 amide bonds. The van der Waals surface area contributed by atoms with E-state index in [0.29, 0.717) is 37.7 Å². The molecule has 0 aliphatic heterocycles. The average molecular weight is 311 g/mol. The molecule has 22 heavy (non-hydrogen) atoms. The number of hydrogen-bond donors (Lipinski definition) is 2. The number of ether oxygens (including phenoxy) is 2. The fourth-order valence-corrected chi connectivity index (χ4v) is 2.57. The van der Waals surface area contributed by atoms with Gasteiger partial charge in [-0.1, -0.05) is 20.1 Å². The molecule has 1 aliphatic carbocycles. The van der Waals surface area contributed by atoms with E-state index in [0.717, 1.165) is 25.1 Å². The molecular weight excluding hydrogens is 282 g/mol. The molecule has 0 radical (unpaired) electrons. The normalized spacial score (nSPS) is 21.5. The van der Waals surface area contributed by atoms with Crippen molar-refractivity contribution in [3.8, 4) is 0 Å². The maximum absolute atomic E-state index is 10.7. The Balaban J connectivity index is 2.13. The van der Waals surface area contributed by atoms with Gasteiger partial charge in [-0.3, -0.25) is 4.79 Å². The minimum atomic E-state index is -0.726. The smallest absolute Gasteiger partial charge is 0.306 e. The number of allylic oxidation sites excluding steroid dienone is 2. The number of carbonyl (C=O) groups is 1. The van der Waals surface area contributed by atoms with Gasteiger partial charge in [0, 0.05) is 11.8 Å². The van der Waals surface area contributed by atoms with Crippen molar-refractivity contribution < 1.29 is 19.4 Å². The Morgan fingerprint density at radius 1 is 1.27 bits per heavy atom. The minimum Gasteiger partial charge on any atom is -0.495 e. The summed E-state index contributed by atoms with van der Waals surface area (Å²) in [7, 11) is 1.94. The summed E-state index contributed by atoms with van der Waals surface area (Å²) in [5.74, 6) is 1.05. The molecule has 1 unspecified atom stereocenters. The van der Waals surface area contributed by atoms with Crippen LogP contribution in [0.3, 0.4) is 0 Å². The summed E-state index contributed by atoms with van der Waals surface area (Å²) in [4.78, 5) is 10.7. The summed E-state index contributed by atoms with van der Waals surface area (Å²) < 4.78 is 11.2. The summed E-state index contributed by atoms with van der Waals surface area (Å²) in [6.45, 7) is 11.8. The van der Waals surface area contributed by atoms with E-state index in [9.17, 15) is 4.79 Å². The molecular formula is C17H29NO4. The van der Waals surface area contributed by atoms with Crippen LogP contribution >= 0.6 is 0 Å². The zero-order valence-electron chi connectivity index (χ0n) is 13.8. The van der Waals surface area contributed by atoms with E-state index < -0.39 is 5.97 Å². The number of carboxylic acid groups (broad SMARTS) is 1. The molecule has 0 aromatic rings. The molecule has 1 saturated carbocycles. The quantitative estimate of drug-likeness (QED) is 0.428. The molecule has 1 rings (SSSR count). The van der Waals surface area contributed by atoms with Gasteiger partial charge in [-0.2, -0.15) is 0 Å². The van der Waals surface area contributed by atoms with Crippen molar-refractivity contribution in [3.05, 3.63) is 24.7 Å². The SMILES string of the molecule is C=C(OCCOC(=C)C1CC(C(=O)O)C1)C(CC)CCNC. The van der Waals surface area contributed by atoms with E-state index in [1.165, 1.54) is 0 Å². The van der Waals surface area contributed by atoms with Crippen molar-refractivity contribution in [2.24, 2.45) is 17.8 Å². The number of hydrogen-bond acceptors (Lipinski definition) is 4. The molecule has 126 valence electrons. The molecule has 0 spiro atoms. The molecule has 0 bridgehead atoms. The predicted octanol–water partition coefficient (Wildman–Crippen LogP) is 2.79. The van der Waals surface area contributed by atoms with Gasteiger partial charge in [0.1, 0.15) is 13.2 Å². The third-order valence-electron chi connectivity index (χ3n) is 4.29. The Bertz CT molecular complexity index is 388. The highest BCUT2D eigenvalue weighted by molar-refractivity contribution is 5.71. The molecule has 0 heterocycles. The fourth-order valence-electron chi connectivity index (χ4n) is 2.57. The van der Waals surface area contributed by atoms with Crippen molar-refractivity contribution in [2.45, 2.75) is 32.6 Å². The van der Waals surface area contributed by atoms with E-state index in [1.807, 2.05) is 7.05 Å². The van der Waals surface area contributed by atoms with Crippen molar-refractivity contribution in [3.63, 3.8) is 0 Å². The predicted molar refractivity (Wildman–Crippen MR) is 86.4 cm³/mol. The second-order valence-electron chi connectivity index (χ2n) is 5.83. The summed E-state index contributed by atoms with van der Waals surface area (Å²) in [6.07, 6.45) is 3.28. The number of carboxylic acids is 1. The van der Waals surface area contributed by atoms with Crippen LogP contribution in [0, 0.1) is 17.8 Å². The van der Waals surface area contributed by atoms with Crippen LogP contribution in [-0.2, 0) is 14.3 Å². The average Bonchev–Trinajstić information content (AvgIpc) is 2.42. The van der Waals surface area contributed by atoms with Crippen LogP contribution in [0.1, 0.15) is 32.6 Å². The van der Waals surface area contributed by atoms with Gasteiger partial charge in [-0.25, -0.2) is 0 Å². The van der Waals surface area contributed by atoms with Crippen LogP contribution in [0.2, 0.25) is 0 Å². The second-order valence-corrected chi connectivity index (χ2v) is 5.83. The van der Waals surface area contributed by atoms with Crippen LogP contribution in [-0.4, -0.2) is 37.9 Å². The zero-order valence-corrected chi connectivity index (χ0v) is 13.8. The van der Waals surface area contributed by atoms with Gasteiger partial charge in [-0.05, 0) is 39.3 Å². The maximum Gasteiger partial charge on any atom is 0.306 e. The van der Waals surface area contributed by atoms with Crippen molar-refractivity contribution >= 4 is 5.97 Å². The lowest BCUT2D eigenvalue weighted by molar-refractivity contribution is -0.146. The maximum atomic E-state index is 10.7. The number of nitrogens with one attached hydrogen (secondary N) is 1. The van der Waals surface area contributed by atoms with Gasteiger partial charge < -0.3 is 19.9 Å². The number of rotatable bonds is 12. The van der Waals surface area contributed by atoms with Crippen LogP contribution < -0.4 is 5.32 Å². The summed E-state index contributed by atoms with van der Waals surface area (Å²) >= 11 is 0. The van der Waals surface area contributed by atoms with Crippen LogP contribution in [0.5, 0.6) is 0 Å². The summed E-state index contributed by atoms with van der Waals surface area (Å²) in [5.41, 5.74) is 0. The van der Waals surface area contributed by atoms with Crippen molar-refractivity contribution in [1.82, 2.24) is 5.32 Å². The highest BCUT2D eigenvalue weighted by Gasteiger charge is 2.36. The Labute approximate surface area is 133 Å². The van der Waals surface area contributed by atoms with Crippen LogP contribution in [0.4, 0.5) is 0 Å². The van der Waals surface area contributed by atoms with Gasteiger partial charge >= 0.3 is 5.97 Å². The highest BCUT2D eigenvalue weighted by Crippen LogP contribution is 2.38. The largest absolute Gasteiger partial charge is 0.495 e. The topological polar surface area (TPSA) is 67.8 Å². The third-order valence-corrected chi connectivity index (χ3v) is 4.29. The van der Waals surface area contributed by atoms with Crippen molar-refractivity contribution in [1.29, 1.82) is 0 Å². The lowest BCUT2D eigenvalue weighted by atomic mass is 9.74. The van der Waals surface area contributed by atoms with Crippen molar-refractivity contribution in [2.75, 3.05) is 26.8 Å². The molecule has 0 saturated heterocycles. The third kappa shape index (κ3) is 5.72. The Morgan fingerprint density at radius 2 is 1.91 bits per heavy atom. The first kappa shape index (κ1) is 18.6. The molecule has 1 atom stereocenters. The Hall–Kier alpha value is -1.49. The second kappa shape index (κ2) is 9.51. The van der Waals surface area contributed by atoms with Crippen LogP contribution in [0.15, 0.2) is 24.7 Å². The monoisotopic (exact) mass is 311 g/mol. The van der Waals surface area contributed by atoms with E-state index in [2.05, 4.69) is 25.4 Å². The van der Waals surface area contributed by atoms with Gasteiger partial charge in [0.2, 0.25) is 0 Å². The van der Waals surface area contributed by atoms with E-state index >= 15 is 0 Å². The van der Waals surface area contributed by atoms with E-state index in [1.54, 1.807) is 0 Å². The fraction of sp³-hybridized carbons (Fsp3) is 0.706. The lowest BCUT2D eigenvalue weighted by Gasteiger charge is -2.33. The first-order valence-electron chi connectivity index (χ1n) is 8.00. The lowest BCUT2D eigenvalue weighted by Crippen LogP contribution is -2.32.